The summed E-state index contributed by atoms with van der Waals surface area (Å²) in [4.78, 5) is 0. The zero-order chi connectivity index (χ0) is 17.3. The van der Waals surface area contributed by atoms with E-state index in [-0.39, 0.29) is 30.0 Å². The highest BCUT2D eigenvalue weighted by Gasteiger charge is 2.33. The molecule has 0 spiro atoms. The van der Waals surface area contributed by atoms with Gasteiger partial charge in [0.15, 0.2) is 11.5 Å². The van der Waals surface area contributed by atoms with Gasteiger partial charge < -0.3 is 14.8 Å². The Morgan fingerprint density at radius 2 is 1.72 bits per heavy atom. The standard InChI is InChI=1S/C18H18F3NO2.ClH/c1-11-3-4-12(2)15(7-11)13-5-6-16(23-14-9-22-10-14)17(8-13)24-18(19,20)21;/h3-8,14,22H,9-10H2,1-2H3;1H. The average Bonchev–Trinajstić information content (AvgIpc) is 2.45. The van der Waals surface area contributed by atoms with Crippen molar-refractivity contribution in [3.8, 4) is 22.6 Å². The maximum Gasteiger partial charge on any atom is 0.573 e. The molecule has 1 heterocycles. The minimum atomic E-state index is -4.77. The molecule has 1 aliphatic rings. The van der Waals surface area contributed by atoms with Gasteiger partial charge in [0.25, 0.3) is 0 Å². The maximum atomic E-state index is 12.7. The monoisotopic (exact) mass is 373 g/mol. The SMILES string of the molecule is Cc1ccc(C)c(-c2ccc(OC3CNC3)c(OC(F)(F)F)c2)c1.Cl. The fraction of sp³-hybridized carbons (Fsp3) is 0.333. The summed E-state index contributed by atoms with van der Waals surface area (Å²) in [6, 6.07) is 10.5. The van der Waals surface area contributed by atoms with E-state index >= 15 is 0 Å². The molecule has 1 saturated heterocycles. The van der Waals surface area contributed by atoms with Crippen LogP contribution in [-0.4, -0.2) is 25.6 Å². The van der Waals surface area contributed by atoms with Gasteiger partial charge >= 0.3 is 6.36 Å². The molecule has 1 fully saturated rings. The molecule has 0 bridgehead atoms. The van der Waals surface area contributed by atoms with Gasteiger partial charge in [-0.25, -0.2) is 0 Å². The molecule has 7 heteroatoms. The third-order valence-corrected chi connectivity index (χ3v) is 3.91. The van der Waals surface area contributed by atoms with Crippen LogP contribution in [0.5, 0.6) is 11.5 Å². The minimum Gasteiger partial charge on any atom is -0.484 e. The highest BCUT2D eigenvalue weighted by atomic mass is 35.5. The summed E-state index contributed by atoms with van der Waals surface area (Å²) in [5, 5.41) is 3.01. The van der Waals surface area contributed by atoms with Crippen LogP contribution in [-0.2, 0) is 0 Å². The van der Waals surface area contributed by atoms with Crippen LogP contribution in [0.1, 0.15) is 11.1 Å². The lowest BCUT2D eigenvalue weighted by Gasteiger charge is -2.28. The van der Waals surface area contributed by atoms with Crippen LogP contribution in [0, 0.1) is 13.8 Å². The molecule has 3 rings (SSSR count). The molecule has 1 aliphatic heterocycles. The fourth-order valence-electron chi connectivity index (χ4n) is 2.55. The summed E-state index contributed by atoms with van der Waals surface area (Å²) >= 11 is 0. The summed E-state index contributed by atoms with van der Waals surface area (Å²) in [6.07, 6.45) is -4.90. The van der Waals surface area contributed by atoms with Gasteiger partial charge in [-0.3, -0.25) is 0 Å². The second-order valence-corrected chi connectivity index (χ2v) is 5.93. The van der Waals surface area contributed by atoms with Gasteiger partial charge in [-0.1, -0.05) is 29.8 Å². The Kier molecular flexibility index (Phi) is 5.85. The number of benzene rings is 2. The Morgan fingerprint density at radius 3 is 2.32 bits per heavy atom. The zero-order valence-electron chi connectivity index (χ0n) is 13.8. The number of rotatable bonds is 4. The molecule has 3 nitrogen and oxygen atoms in total. The van der Waals surface area contributed by atoms with Crippen LogP contribution < -0.4 is 14.8 Å². The van der Waals surface area contributed by atoms with Crippen molar-refractivity contribution in [1.82, 2.24) is 5.32 Å². The second kappa shape index (κ2) is 7.54. The Balaban J connectivity index is 0.00000225. The summed E-state index contributed by atoms with van der Waals surface area (Å²) in [7, 11) is 0. The molecule has 0 radical (unpaired) electrons. The van der Waals surface area contributed by atoms with Gasteiger partial charge in [-0.2, -0.15) is 0 Å². The van der Waals surface area contributed by atoms with Crippen molar-refractivity contribution < 1.29 is 22.6 Å². The predicted octanol–water partition coefficient (Wildman–Crippen LogP) is 4.64. The Bertz CT molecular complexity index is 746. The molecule has 0 atom stereocenters. The lowest BCUT2D eigenvalue weighted by molar-refractivity contribution is -0.275. The molecule has 2 aromatic carbocycles. The number of nitrogens with one attached hydrogen (secondary N) is 1. The smallest absolute Gasteiger partial charge is 0.484 e. The van der Waals surface area contributed by atoms with E-state index in [0.717, 1.165) is 16.7 Å². The highest BCUT2D eigenvalue weighted by Crippen LogP contribution is 2.37. The predicted molar refractivity (Wildman–Crippen MR) is 92.6 cm³/mol. The first kappa shape index (κ1) is 19.4. The quantitative estimate of drug-likeness (QED) is 0.846. The third-order valence-electron chi connectivity index (χ3n) is 3.91. The maximum absolute atomic E-state index is 12.7. The van der Waals surface area contributed by atoms with Crippen LogP contribution in [0.3, 0.4) is 0 Å². The molecule has 136 valence electrons. The highest BCUT2D eigenvalue weighted by molar-refractivity contribution is 5.85. The number of halogens is 4. The van der Waals surface area contributed by atoms with Crippen molar-refractivity contribution in [2.75, 3.05) is 13.1 Å². The van der Waals surface area contributed by atoms with Gasteiger partial charge in [0.1, 0.15) is 6.10 Å². The van der Waals surface area contributed by atoms with E-state index in [4.69, 9.17) is 4.74 Å². The van der Waals surface area contributed by atoms with E-state index in [1.54, 1.807) is 6.07 Å². The lowest BCUT2D eigenvalue weighted by Crippen LogP contribution is -2.50. The van der Waals surface area contributed by atoms with Crippen LogP contribution in [0.4, 0.5) is 13.2 Å². The topological polar surface area (TPSA) is 30.5 Å². The Labute approximate surface area is 150 Å². The second-order valence-electron chi connectivity index (χ2n) is 5.93. The number of hydrogen-bond acceptors (Lipinski definition) is 3. The Hall–Kier alpha value is -1.92. The van der Waals surface area contributed by atoms with Crippen LogP contribution in [0.2, 0.25) is 0 Å². The van der Waals surface area contributed by atoms with E-state index in [2.05, 4.69) is 10.1 Å². The van der Waals surface area contributed by atoms with E-state index < -0.39 is 6.36 Å². The van der Waals surface area contributed by atoms with Crippen LogP contribution >= 0.6 is 12.4 Å². The van der Waals surface area contributed by atoms with Crippen molar-refractivity contribution in [3.05, 3.63) is 47.5 Å². The molecule has 0 saturated carbocycles. The molecule has 0 aliphatic carbocycles. The number of aryl methyl sites for hydroxylation is 2. The summed E-state index contributed by atoms with van der Waals surface area (Å²) in [5.41, 5.74) is 3.55. The number of hydrogen-bond donors (Lipinski definition) is 1. The van der Waals surface area contributed by atoms with E-state index in [0.29, 0.717) is 18.7 Å². The normalized spacial score (nSPS) is 14.4. The molecule has 0 unspecified atom stereocenters. The Morgan fingerprint density at radius 1 is 1.00 bits per heavy atom. The summed E-state index contributed by atoms with van der Waals surface area (Å²) in [5.74, 6) is -0.208. The molecule has 1 N–H and O–H groups in total. The average molecular weight is 374 g/mol. The largest absolute Gasteiger partial charge is 0.573 e. The first-order valence-electron chi connectivity index (χ1n) is 7.66. The summed E-state index contributed by atoms with van der Waals surface area (Å²) in [6.45, 7) is 5.09. The minimum absolute atomic E-state index is 0. The van der Waals surface area contributed by atoms with Gasteiger partial charge in [-0.15, -0.1) is 25.6 Å². The van der Waals surface area contributed by atoms with E-state index in [1.807, 2.05) is 32.0 Å². The lowest BCUT2D eigenvalue weighted by atomic mass is 9.98. The summed E-state index contributed by atoms with van der Waals surface area (Å²) < 4.78 is 48.0. The zero-order valence-corrected chi connectivity index (χ0v) is 14.6. The number of alkyl halides is 3. The van der Waals surface area contributed by atoms with Gasteiger partial charge in [0.05, 0.1) is 0 Å². The molecule has 2 aromatic rings. The first-order valence-corrected chi connectivity index (χ1v) is 7.66. The molecular formula is C18H19ClF3NO2. The van der Waals surface area contributed by atoms with Crippen molar-refractivity contribution >= 4 is 12.4 Å². The fourth-order valence-corrected chi connectivity index (χ4v) is 2.55. The molecule has 0 aromatic heterocycles. The van der Waals surface area contributed by atoms with Crippen molar-refractivity contribution in [2.24, 2.45) is 0 Å². The van der Waals surface area contributed by atoms with Crippen molar-refractivity contribution in [1.29, 1.82) is 0 Å². The molecule has 0 amide bonds. The van der Waals surface area contributed by atoms with Crippen molar-refractivity contribution in [3.63, 3.8) is 0 Å². The van der Waals surface area contributed by atoms with Gasteiger partial charge in [0, 0.05) is 13.1 Å². The molecule has 25 heavy (non-hydrogen) atoms. The van der Waals surface area contributed by atoms with Crippen LogP contribution in [0.25, 0.3) is 11.1 Å². The van der Waals surface area contributed by atoms with E-state index in [9.17, 15) is 13.2 Å². The van der Waals surface area contributed by atoms with E-state index in [1.165, 1.54) is 12.1 Å². The first-order chi connectivity index (χ1) is 11.3. The van der Waals surface area contributed by atoms with Crippen molar-refractivity contribution in [2.45, 2.75) is 26.3 Å². The molecular weight excluding hydrogens is 355 g/mol. The third kappa shape index (κ3) is 4.80. The van der Waals surface area contributed by atoms with Gasteiger partial charge in [-0.05, 0) is 42.7 Å². The van der Waals surface area contributed by atoms with Crippen LogP contribution in [0.15, 0.2) is 36.4 Å². The number of ether oxygens (including phenoxy) is 2. The van der Waals surface area contributed by atoms with Gasteiger partial charge in [0.2, 0.25) is 0 Å².